The van der Waals surface area contributed by atoms with Gasteiger partial charge in [0, 0.05) is 32.5 Å². The highest BCUT2D eigenvalue weighted by Gasteiger charge is 2.37. The van der Waals surface area contributed by atoms with Gasteiger partial charge in [-0.15, -0.1) is 0 Å². The lowest BCUT2D eigenvalue weighted by molar-refractivity contribution is -0.141. The van der Waals surface area contributed by atoms with Gasteiger partial charge in [0.05, 0.1) is 34.7 Å². The van der Waals surface area contributed by atoms with Crippen molar-refractivity contribution < 1.29 is 42.4 Å². The summed E-state index contributed by atoms with van der Waals surface area (Å²) in [5.41, 5.74) is 5.58. The van der Waals surface area contributed by atoms with Crippen LogP contribution in [-0.2, 0) is 22.2 Å². The molecule has 0 radical (unpaired) electrons. The molecule has 3 aromatic rings. The summed E-state index contributed by atoms with van der Waals surface area (Å²) in [7, 11) is 0. The van der Waals surface area contributed by atoms with Crippen molar-refractivity contribution in [1.82, 2.24) is 20.2 Å². The van der Waals surface area contributed by atoms with Crippen LogP contribution in [0.1, 0.15) is 43.4 Å². The number of anilines is 1. The number of hydrogen-bond donors (Lipinski definition) is 5. The Labute approximate surface area is 295 Å². The van der Waals surface area contributed by atoms with Gasteiger partial charge in [0.1, 0.15) is 29.2 Å². The van der Waals surface area contributed by atoms with E-state index in [0.717, 1.165) is 27.5 Å². The summed E-state index contributed by atoms with van der Waals surface area (Å²) in [4.78, 5) is 33.4. The molecule has 12 nitrogen and oxygen atoms in total. The standard InChI is InChI=1S/C33H40F3IN6O6/c34-33(35,36)28-17-39-18-29(42-28)41-25-19-43(20-26(44)32(25)47)31(46)5-2-1-4-30(45)40-14-3-15-48-22-7-9-23(10-8-22)49-27-11-6-21(12-13-38)16-24(27)37/h6-11,16-18,25-26,32,44,47H,1-5,12-15,19-20,38H2,(H,40,45)(H,41,42)/t25-,26-,32+/m0/s1. The number of rotatable bonds is 16. The Morgan fingerprint density at radius 2 is 1.76 bits per heavy atom. The van der Waals surface area contributed by atoms with Crippen LogP contribution in [0, 0.1) is 3.57 Å². The van der Waals surface area contributed by atoms with Gasteiger partial charge in [0.15, 0.2) is 5.69 Å². The number of nitrogens with one attached hydrogen (secondary N) is 2. The zero-order chi connectivity index (χ0) is 35.4. The van der Waals surface area contributed by atoms with Crippen molar-refractivity contribution >= 4 is 40.2 Å². The lowest BCUT2D eigenvalue weighted by atomic mass is 9.98. The molecule has 266 valence electrons. The number of aliphatic hydroxyl groups excluding tert-OH is 2. The van der Waals surface area contributed by atoms with Crippen LogP contribution in [0.5, 0.6) is 17.2 Å². The van der Waals surface area contributed by atoms with E-state index in [9.17, 15) is 33.0 Å². The molecule has 2 amide bonds. The Morgan fingerprint density at radius 1 is 1.02 bits per heavy atom. The zero-order valence-electron chi connectivity index (χ0n) is 26.7. The van der Waals surface area contributed by atoms with Crippen LogP contribution in [0.2, 0.25) is 0 Å². The molecule has 1 aliphatic rings. The number of likely N-dealkylation sites (tertiary alicyclic amines) is 1. The molecule has 0 aliphatic carbocycles. The van der Waals surface area contributed by atoms with Crippen LogP contribution >= 0.6 is 22.6 Å². The van der Waals surface area contributed by atoms with Crippen LogP contribution < -0.4 is 25.8 Å². The van der Waals surface area contributed by atoms with Crippen LogP contribution in [-0.4, -0.2) is 87.9 Å². The van der Waals surface area contributed by atoms with Gasteiger partial charge in [-0.3, -0.25) is 14.6 Å². The van der Waals surface area contributed by atoms with Crippen LogP contribution in [0.15, 0.2) is 54.9 Å². The number of amides is 2. The lowest BCUT2D eigenvalue weighted by Crippen LogP contribution is -2.59. The molecular weight excluding hydrogens is 760 g/mol. The topological polar surface area (TPSA) is 172 Å². The molecule has 1 aliphatic heterocycles. The average Bonchev–Trinajstić information content (AvgIpc) is 3.06. The van der Waals surface area contributed by atoms with Crippen molar-refractivity contribution in [3.05, 3.63) is 69.7 Å². The van der Waals surface area contributed by atoms with E-state index in [1.165, 1.54) is 4.90 Å². The molecule has 1 saturated heterocycles. The fourth-order valence-electron chi connectivity index (χ4n) is 5.10. The predicted molar refractivity (Wildman–Crippen MR) is 183 cm³/mol. The number of hydrogen-bond acceptors (Lipinski definition) is 10. The highest BCUT2D eigenvalue weighted by Crippen LogP contribution is 2.30. The van der Waals surface area contributed by atoms with Gasteiger partial charge < -0.3 is 41.0 Å². The fraction of sp³-hybridized carbons (Fsp3) is 0.455. The minimum atomic E-state index is -4.70. The number of aromatic nitrogens is 2. The highest BCUT2D eigenvalue weighted by atomic mass is 127. The second-order valence-electron chi connectivity index (χ2n) is 11.5. The number of carbonyl (C=O) groups is 2. The van der Waals surface area contributed by atoms with E-state index in [-0.39, 0.29) is 43.6 Å². The van der Waals surface area contributed by atoms with Gasteiger partial charge in [-0.05, 0) is 96.8 Å². The third kappa shape index (κ3) is 12.0. The molecule has 0 saturated carbocycles. The second-order valence-corrected chi connectivity index (χ2v) is 12.7. The summed E-state index contributed by atoms with van der Waals surface area (Å²) in [6.07, 6.45) is -3.10. The van der Waals surface area contributed by atoms with Gasteiger partial charge in [-0.2, -0.15) is 13.2 Å². The summed E-state index contributed by atoms with van der Waals surface area (Å²) in [5.74, 6) is 1.42. The van der Waals surface area contributed by atoms with Crippen molar-refractivity contribution in [3.63, 3.8) is 0 Å². The van der Waals surface area contributed by atoms with E-state index in [4.69, 9.17) is 15.2 Å². The number of carbonyl (C=O) groups excluding carboxylic acids is 2. The number of alkyl halides is 3. The predicted octanol–water partition coefficient (Wildman–Crippen LogP) is 3.88. The first-order valence-electron chi connectivity index (χ1n) is 15.9. The third-order valence-corrected chi connectivity index (χ3v) is 8.52. The first-order valence-corrected chi connectivity index (χ1v) is 17.0. The first kappa shape index (κ1) is 38.1. The Bertz CT molecular complexity index is 1530. The van der Waals surface area contributed by atoms with Gasteiger partial charge in [0.2, 0.25) is 11.8 Å². The lowest BCUT2D eigenvalue weighted by Gasteiger charge is -2.39. The normalized spacial score (nSPS) is 17.8. The summed E-state index contributed by atoms with van der Waals surface area (Å²) in [5, 5.41) is 26.1. The van der Waals surface area contributed by atoms with E-state index >= 15 is 0 Å². The first-order chi connectivity index (χ1) is 23.4. The maximum Gasteiger partial charge on any atom is 0.434 e. The maximum atomic E-state index is 13.0. The molecule has 6 N–H and O–H groups in total. The van der Waals surface area contributed by atoms with E-state index in [1.54, 1.807) is 0 Å². The van der Waals surface area contributed by atoms with Gasteiger partial charge in [-0.25, -0.2) is 4.98 Å². The Balaban J connectivity index is 1.09. The summed E-state index contributed by atoms with van der Waals surface area (Å²) in [6.45, 7) is 1.24. The van der Waals surface area contributed by atoms with Crippen molar-refractivity contribution in [2.24, 2.45) is 5.73 Å². The number of unbranched alkanes of at least 4 members (excludes halogenated alkanes) is 1. The van der Waals surface area contributed by atoms with Gasteiger partial charge in [-0.1, -0.05) is 6.07 Å². The molecule has 4 rings (SSSR count). The van der Waals surface area contributed by atoms with E-state index in [2.05, 4.69) is 49.3 Å². The van der Waals surface area contributed by atoms with E-state index < -0.39 is 30.1 Å². The second kappa shape index (κ2) is 18.3. The number of piperidine rings is 1. The minimum absolute atomic E-state index is 0.0563. The van der Waals surface area contributed by atoms with Crippen LogP contribution in [0.4, 0.5) is 19.0 Å². The molecule has 0 spiro atoms. The van der Waals surface area contributed by atoms with Gasteiger partial charge in [0.25, 0.3) is 0 Å². The molecule has 2 aromatic carbocycles. The zero-order valence-corrected chi connectivity index (χ0v) is 28.8. The number of β-amino-alcohol motifs (C(OH)–C–C–N with tert-alkyl or cyclic N) is 1. The Kier molecular flexibility index (Phi) is 14.2. The number of benzene rings is 2. The van der Waals surface area contributed by atoms with Crippen molar-refractivity contribution in [1.29, 1.82) is 0 Å². The summed E-state index contributed by atoms with van der Waals surface area (Å²) in [6, 6.07) is 12.3. The third-order valence-electron chi connectivity index (χ3n) is 7.68. The molecule has 1 fully saturated rings. The molecular formula is C33H40F3IN6O6. The SMILES string of the molecule is NCCc1ccc(Oc2ccc(OCCCNC(=O)CCCCC(=O)N3C[C@H](Nc4cncc(C(F)(F)F)n4)[C@@H](O)[C@@H](O)C3)cc2)c(I)c1. The van der Waals surface area contributed by atoms with Crippen LogP contribution in [0.25, 0.3) is 0 Å². The highest BCUT2D eigenvalue weighted by molar-refractivity contribution is 14.1. The van der Waals surface area contributed by atoms with Crippen LogP contribution in [0.3, 0.4) is 0 Å². The monoisotopic (exact) mass is 800 g/mol. The molecule has 49 heavy (non-hydrogen) atoms. The van der Waals surface area contributed by atoms with Crippen molar-refractivity contribution in [2.75, 3.05) is 38.1 Å². The van der Waals surface area contributed by atoms with E-state index in [1.807, 2.05) is 36.4 Å². The molecule has 1 aromatic heterocycles. The smallest absolute Gasteiger partial charge is 0.434 e. The fourth-order valence-corrected chi connectivity index (χ4v) is 5.79. The van der Waals surface area contributed by atoms with Crippen molar-refractivity contribution in [2.45, 2.75) is 63.0 Å². The Hall–Kier alpha value is -3.74. The molecule has 16 heteroatoms. The van der Waals surface area contributed by atoms with Gasteiger partial charge >= 0.3 is 6.18 Å². The van der Waals surface area contributed by atoms with Crippen molar-refractivity contribution in [3.8, 4) is 17.2 Å². The average molecular weight is 801 g/mol. The van der Waals surface area contributed by atoms with E-state index in [0.29, 0.717) is 56.7 Å². The Morgan fingerprint density at radius 3 is 2.47 bits per heavy atom. The molecule has 0 bridgehead atoms. The quantitative estimate of drug-likeness (QED) is 0.106. The number of nitrogens with zero attached hydrogens (tertiary/aromatic N) is 3. The number of aliphatic hydroxyl groups is 2. The molecule has 2 heterocycles. The number of nitrogens with two attached hydrogens (primary N) is 1. The number of ether oxygens (including phenoxy) is 2. The largest absolute Gasteiger partial charge is 0.494 e. The minimum Gasteiger partial charge on any atom is -0.494 e. The summed E-state index contributed by atoms with van der Waals surface area (Å²) < 4.78 is 51.7. The molecule has 3 atom stereocenters. The number of halogens is 4. The summed E-state index contributed by atoms with van der Waals surface area (Å²) >= 11 is 2.24. The molecule has 0 unspecified atom stereocenters. The maximum absolute atomic E-state index is 13.0.